The lowest BCUT2D eigenvalue weighted by Crippen LogP contribution is -2.46. The Morgan fingerprint density at radius 2 is 1.38 bits per heavy atom. The van der Waals surface area contributed by atoms with Crippen LogP contribution in [0.5, 0.6) is 0 Å². The van der Waals surface area contributed by atoms with E-state index in [1.54, 1.807) is 0 Å². The molecule has 3 nitrogen and oxygen atoms in total. The van der Waals surface area contributed by atoms with E-state index in [0.717, 1.165) is 44.8 Å². The Bertz CT molecular complexity index is 168. The third-order valence-electron chi connectivity index (χ3n) is 3.99. The first kappa shape index (κ1) is 12.3. The molecular weight excluding hydrogens is 202 g/mol. The molecule has 0 bridgehead atoms. The Morgan fingerprint density at radius 1 is 0.938 bits per heavy atom. The molecule has 3 heteroatoms. The van der Waals surface area contributed by atoms with E-state index in [2.05, 4.69) is 12.2 Å². The van der Waals surface area contributed by atoms with Gasteiger partial charge in [-0.1, -0.05) is 6.92 Å². The first-order valence-electron chi connectivity index (χ1n) is 6.80. The van der Waals surface area contributed by atoms with Crippen LogP contribution in [0.2, 0.25) is 0 Å². The van der Waals surface area contributed by atoms with Crippen molar-refractivity contribution in [3.63, 3.8) is 0 Å². The van der Waals surface area contributed by atoms with E-state index in [-0.39, 0.29) is 0 Å². The second kappa shape index (κ2) is 6.58. The van der Waals surface area contributed by atoms with E-state index < -0.39 is 0 Å². The summed E-state index contributed by atoms with van der Waals surface area (Å²) in [5.74, 6) is 1.63. The Kier molecular flexibility index (Phi) is 5.07. The van der Waals surface area contributed by atoms with Crippen molar-refractivity contribution in [2.24, 2.45) is 11.8 Å². The molecular formula is C13H25NO2. The largest absolute Gasteiger partial charge is 0.381 e. The highest BCUT2D eigenvalue weighted by Crippen LogP contribution is 2.29. The number of rotatable bonds is 4. The van der Waals surface area contributed by atoms with Crippen molar-refractivity contribution in [3.8, 4) is 0 Å². The summed E-state index contributed by atoms with van der Waals surface area (Å²) in [6.45, 7) is 7.11. The number of ether oxygens (including phenoxy) is 2. The van der Waals surface area contributed by atoms with Gasteiger partial charge in [0.25, 0.3) is 0 Å². The van der Waals surface area contributed by atoms with Gasteiger partial charge in [0.15, 0.2) is 0 Å². The smallest absolute Gasteiger partial charge is 0.0469 e. The van der Waals surface area contributed by atoms with Crippen molar-refractivity contribution >= 4 is 0 Å². The van der Waals surface area contributed by atoms with Crippen molar-refractivity contribution in [3.05, 3.63) is 0 Å². The standard InChI is InChI=1S/C13H25NO2/c1-2-14-13(11-3-7-15-8-4-11)12-5-9-16-10-6-12/h11-14H,2-10H2,1H3. The van der Waals surface area contributed by atoms with Crippen LogP contribution in [0.1, 0.15) is 32.6 Å². The quantitative estimate of drug-likeness (QED) is 0.794. The minimum Gasteiger partial charge on any atom is -0.381 e. The lowest BCUT2D eigenvalue weighted by Gasteiger charge is -2.38. The van der Waals surface area contributed by atoms with Gasteiger partial charge in [0.2, 0.25) is 0 Å². The molecule has 0 spiro atoms. The zero-order valence-electron chi connectivity index (χ0n) is 10.4. The molecule has 0 amide bonds. The minimum absolute atomic E-state index is 0.692. The van der Waals surface area contributed by atoms with Gasteiger partial charge in [0, 0.05) is 32.5 Å². The zero-order valence-corrected chi connectivity index (χ0v) is 10.4. The van der Waals surface area contributed by atoms with Crippen LogP contribution in [0.25, 0.3) is 0 Å². The minimum atomic E-state index is 0.692. The molecule has 0 aromatic rings. The maximum absolute atomic E-state index is 5.46. The predicted molar refractivity (Wildman–Crippen MR) is 64.6 cm³/mol. The highest BCUT2D eigenvalue weighted by molar-refractivity contribution is 4.85. The highest BCUT2D eigenvalue weighted by atomic mass is 16.5. The Hall–Kier alpha value is -0.120. The number of hydrogen-bond donors (Lipinski definition) is 1. The summed E-state index contributed by atoms with van der Waals surface area (Å²) in [5.41, 5.74) is 0. The van der Waals surface area contributed by atoms with E-state index in [0.29, 0.717) is 6.04 Å². The first-order chi connectivity index (χ1) is 7.92. The third-order valence-corrected chi connectivity index (χ3v) is 3.99. The average Bonchev–Trinajstić information content (AvgIpc) is 2.38. The van der Waals surface area contributed by atoms with Crippen LogP contribution >= 0.6 is 0 Å². The summed E-state index contributed by atoms with van der Waals surface area (Å²) >= 11 is 0. The van der Waals surface area contributed by atoms with Gasteiger partial charge < -0.3 is 14.8 Å². The Morgan fingerprint density at radius 3 is 1.75 bits per heavy atom. The van der Waals surface area contributed by atoms with Crippen LogP contribution in [-0.2, 0) is 9.47 Å². The van der Waals surface area contributed by atoms with Gasteiger partial charge in [0.1, 0.15) is 0 Å². The van der Waals surface area contributed by atoms with Crippen molar-refractivity contribution < 1.29 is 9.47 Å². The topological polar surface area (TPSA) is 30.5 Å². The van der Waals surface area contributed by atoms with Crippen LogP contribution in [0.4, 0.5) is 0 Å². The summed E-state index contributed by atoms with van der Waals surface area (Å²) in [5, 5.41) is 3.71. The van der Waals surface area contributed by atoms with E-state index in [4.69, 9.17) is 9.47 Å². The molecule has 2 rings (SSSR count). The highest BCUT2D eigenvalue weighted by Gasteiger charge is 2.31. The molecule has 0 unspecified atom stereocenters. The molecule has 2 saturated heterocycles. The third kappa shape index (κ3) is 3.19. The van der Waals surface area contributed by atoms with Gasteiger partial charge in [-0.2, -0.15) is 0 Å². The molecule has 0 saturated carbocycles. The molecule has 2 fully saturated rings. The molecule has 2 aliphatic rings. The van der Waals surface area contributed by atoms with Gasteiger partial charge >= 0.3 is 0 Å². The molecule has 0 radical (unpaired) electrons. The normalized spacial score (nSPS) is 25.1. The Balaban J connectivity index is 1.91. The van der Waals surface area contributed by atoms with Crippen LogP contribution in [0, 0.1) is 11.8 Å². The van der Waals surface area contributed by atoms with E-state index >= 15 is 0 Å². The van der Waals surface area contributed by atoms with Crippen LogP contribution in [0.15, 0.2) is 0 Å². The molecule has 94 valence electrons. The van der Waals surface area contributed by atoms with E-state index in [1.165, 1.54) is 25.7 Å². The molecule has 0 aromatic carbocycles. The van der Waals surface area contributed by atoms with Crippen molar-refractivity contribution in [1.29, 1.82) is 0 Å². The second-order valence-electron chi connectivity index (χ2n) is 4.98. The number of nitrogens with one attached hydrogen (secondary N) is 1. The fourth-order valence-corrected chi connectivity index (χ4v) is 3.10. The molecule has 0 aliphatic carbocycles. The summed E-state index contributed by atoms with van der Waals surface area (Å²) in [4.78, 5) is 0. The predicted octanol–water partition coefficient (Wildman–Crippen LogP) is 1.82. The first-order valence-corrected chi connectivity index (χ1v) is 6.80. The SMILES string of the molecule is CCNC(C1CCOCC1)C1CCOCC1. The van der Waals surface area contributed by atoms with Crippen molar-refractivity contribution in [1.82, 2.24) is 5.32 Å². The molecule has 0 atom stereocenters. The van der Waals surface area contributed by atoms with Gasteiger partial charge in [-0.15, -0.1) is 0 Å². The van der Waals surface area contributed by atoms with E-state index in [1.807, 2.05) is 0 Å². The molecule has 2 aliphatic heterocycles. The zero-order chi connectivity index (χ0) is 11.2. The molecule has 2 heterocycles. The Labute approximate surface area is 98.9 Å². The fraction of sp³-hybridized carbons (Fsp3) is 1.00. The summed E-state index contributed by atoms with van der Waals surface area (Å²) in [7, 11) is 0. The second-order valence-corrected chi connectivity index (χ2v) is 4.98. The van der Waals surface area contributed by atoms with Crippen molar-refractivity contribution in [2.45, 2.75) is 38.6 Å². The molecule has 16 heavy (non-hydrogen) atoms. The monoisotopic (exact) mass is 227 g/mol. The number of hydrogen-bond acceptors (Lipinski definition) is 3. The van der Waals surface area contributed by atoms with E-state index in [9.17, 15) is 0 Å². The van der Waals surface area contributed by atoms with Crippen LogP contribution < -0.4 is 5.32 Å². The van der Waals surface area contributed by atoms with Crippen molar-refractivity contribution in [2.75, 3.05) is 33.0 Å². The molecule has 0 aromatic heterocycles. The van der Waals surface area contributed by atoms with Gasteiger partial charge in [0.05, 0.1) is 0 Å². The van der Waals surface area contributed by atoms with Gasteiger partial charge in [-0.05, 0) is 44.1 Å². The maximum atomic E-state index is 5.46. The molecule has 1 N–H and O–H groups in total. The van der Waals surface area contributed by atoms with Crippen LogP contribution in [0.3, 0.4) is 0 Å². The van der Waals surface area contributed by atoms with Gasteiger partial charge in [-0.3, -0.25) is 0 Å². The summed E-state index contributed by atoms with van der Waals surface area (Å²) in [6.07, 6.45) is 4.92. The fourth-order valence-electron chi connectivity index (χ4n) is 3.10. The van der Waals surface area contributed by atoms with Crippen LogP contribution in [-0.4, -0.2) is 39.0 Å². The van der Waals surface area contributed by atoms with Gasteiger partial charge in [-0.25, -0.2) is 0 Å². The summed E-state index contributed by atoms with van der Waals surface area (Å²) in [6, 6.07) is 0.692. The average molecular weight is 227 g/mol. The lowest BCUT2D eigenvalue weighted by molar-refractivity contribution is 0.0142. The maximum Gasteiger partial charge on any atom is 0.0469 e. The lowest BCUT2D eigenvalue weighted by atomic mass is 9.80. The summed E-state index contributed by atoms with van der Waals surface area (Å²) < 4.78 is 10.9.